The molecule has 4 heteroatoms. The predicted octanol–water partition coefficient (Wildman–Crippen LogP) is -0.336. The Morgan fingerprint density at radius 2 is 2.64 bits per heavy atom. The number of hydroxylamine groups is 1. The monoisotopic (exact) mass is 158 g/mol. The first-order valence-electron chi connectivity index (χ1n) is 3.85. The third-order valence-corrected chi connectivity index (χ3v) is 1.85. The van der Waals surface area contributed by atoms with Crippen molar-refractivity contribution in [1.29, 1.82) is 0 Å². The van der Waals surface area contributed by atoms with Gasteiger partial charge in [-0.2, -0.15) is 0 Å². The van der Waals surface area contributed by atoms with Gasteiger partial charge in [-0.25, -0.2) is 5.48 Å². The molecule has 0 radical (unpaired) electrons. The highest BCUT2D eigenvalue weighted by molar-refractivity contribution is 5.75. The van der Waals surface area contributed by atoms with Crippen LogP contribution >= 0.6 is 0 Å². The molecule has 0 spiro atoms. The summed E-state index contributed by atoms with van der Waals surface area (Å²) in [5.41, 5.74) is 2.31. The van der Waals surface area contributed by atoms with Gasteiger partial charge in [0.2, 0.25) is 5.91 Å². The summed E-state index contributed by atoms with van der Waals surface area (Å²) in [6.45, 7) is 1.99. The molecule has 2 N–H and O–H groups in total. The Labute approximate surface area is 66.3 Å². The smallest absolute Gasteiger partial charge is 0.243 e. The van der Waals surface area contributed by atoms with E-state index in [0.717, 1.165) is 19.5 Å². The van der Waals surface area contributed by atoms with Gasteiger partial charge in [0, 0.05) is 6.42 Å². The molecule has 11 heavy (non-hydrogen) atoms. The summed E-state index contributed by atoms with van der Waals surface area (Å²) >= 11 is 0. The molecule has 1 aliphatic rings. The van der Waals surface area contributed by atoms with Crippen molar-refractivity contribution in [3.05, 3.63) is 0 Å². The second-order valence-electron chi connectivity index (χ2n) is 2.79. The zero-order valence-corrected chi connectivity index (χ0v) is 6.72. The molecule has 1 atom stereocenters. The number of amides is 1. The molecule has 0 aliphatic carbocycles. The summed E-state index contributed by atoms with van der Waals surface area (Å²) in [5, 5.41) is 3.20. The summed E-state index contributed by atoms with van der Waals surface area (Å²) in [6.07, 6.45) is 1.66. The van der Waals surface area contributed by atoms with Crippen molar-refractivity contribution in [1.82, 2.24) is 10.8 Å². The molecule has 1 aliphatic heterocycles. The van der Waals surface area contributed by atoms with Gasteiger partial charge in [-0.1, -0.05) is 0 Å². The second-order valence-corrected chi connectivity index (χ2v) is 2.79. The molecule has 64 valence electrons. The first kappa shape index (κ1) is 8.49. The van der Waals surface area contributed by atoms with Crippen LogP contribution < -0.4 is 10.8 Å². The third-order valence-electron chi connectivity index (χ3n) is 1.85. The predicted molar refractivity (Wildman–Crippen MR) is 40.7 cm³/mol. The number of nitrogens with one attached hydrogen (secondary N) is 2. The normalized spacial score (nSPS) is 23.5. The summed E-state index contributed by atoms with van der Waals surface area (Å²) in [5.74, 6) is 0.464. The average molecular weight is 158 g/mol. The molecule has 0 aromatic heterocycles. The lowest BCUT2D eigenvalue weighted by Crippen LogP contribution is -2.25. The molecular weight excluding hydrogens is 144 g/mol. The van der Waals surface area contributed by atoms with Crippen molar-refractivity contribution >= 4 is 5.91 Å². The molecule has 0 aromatic carbocycles. The fourth-order valence-electron chi connectivity index (χ4n) is 1.31. The van der Waals surface area contributed by atoms with Crippen molar-refractivity contribution in [2.24, 2.45) is 5.92 Å². The van der Waals surface area contributed by atoms with E-state index in [9.17, 15) is 4.79 Å². The van der Waals surface area contributed by atoms with Crippen LogP contribution in [0.3, 0.4) is 0 Å². The van der Waals surface area contributed by atoms with E-state index in [1.807, 2.05) is 0 Å². The lowest BCUT2D eigenvalue weighted by Gasteiger charge is -2.06. The van der Waals surface area contributed by atoms with Crippen LogP contribution in [0.5, 0.6) is 0 Å². The summed E-state index contributed by atoms with van der Waals surface area (Å²) in [4.78, 5) is 15.4. The lowest BCUT2D eigenvalue weighted by molar-refractivity contribution is -0.132. The van der Waals surface area contributed by atoms with Gasteiger partial charge in [0.15, 0.2) is 0 Å². The van der Waals surface area contributed by atoms with E-state index in [4.69, 9.17) is 0 Å². The van der Waals surface area contributed by atoms with Gasteiger partial charge < -0.3 is 5.32 Å². The van der Waals surface area contributed by atoms with Crippen molar-refractivity contribution in [2.45, 2.75) is 12.8 Å². The Morgan fingerprint density at radius 1 is 1.82 bits per heavy atom. The van der Waals surface area contributed by atoms with Crippen LogP contribution in [0.1, 0.15) is 12.8 Å². The molecular formula is C7H14N2O2. The second kappa shape index (κ2) is 4.31. The average Bonchev–Trinajstić information content (AvgIpc) is 2.40. The molecule has 1 fully saturated rings. The molecule has 0 unspecified atom stereocenters. The zero-order chi connectivity index (χ0) is 8.10. The quantitative estimate of drug-likeness (QED) is 0.553. The van der Waals surface area contributed by atoms with Crippen LogP contribution in [0.2, 0.25) is 0 Å². The minimum Gasteiger partial charge on any atom is -0.316 e. The molecule has 0 saturated carbocycles. The van der Waals surface area contributed by atoms with E-state index < -0.39 is 0 Å². The molecule has 0 aromatic rings. The number of hydrogen-bond acceptors (Lipinski definition) is 3. The van der Waals surface area contributed by atoms with Gasteiger partial charge in [-0.3, -0.25) is 9.63 Å². The third kappa shape index (κ3) is 2.86. The van der Waals surface area contributed by atoms with Crippen LogP contribution in [-0.2, 0) is 9.63 Å². The Bertz CT molecular complexity index is 132. The van der Waals surface area contributed by atoms with Gasteiger partial charge in [-0.15, -0.1) is 0 Å². The Balaban J connectivity index is 2.13. The Hall–Kier alpha value is -0.610. The van der Waals surface area contributed by atoms with Crippen molar-refractivity contribution < 1.29 is 9.63 Å². The lowest BCUT2D eigenvalue weighted by atomic mass is 10.1. The van der Waals surface area contributed by atoms with E-state index in [0.29, 0.717) is 12.3 Å². The van der Waals surface area contributed by atoms with Crippen molar-refractivity contribution in [2.75, 3.05) is 20.2 Å². The zero-order valence-electron chi connectivity index (χ0n) is 6.72. The largest absolute Gasteiger partial charge is 0.316 e. The molecule has 1 rings (SSSR count). The first-order valence-corrected chi connectivity index (χ1v) is 3.85. The fraction of sp³-hybridized carbons (Fsp3) is 0.857. The standard InChI is InChI=1S/C7H14N2O2/c1-11-9-7(10)4-6-2-3-8-5-6/h6,8H,2-5H2,1H3,(H,9,10)/t6-/m0/s1. The Morgan fingerprint density at radius 3 is 3.18 bits per heavy atom. The summed E-state index contributed by atoms with van der Waals surface area (Å²) in [7, 11) is 1.45. The molecule has 4 nitrogen and oxygen atoms in total. The van der Waals surface area contributed by atoms with Gasteiger partial charge in [0.1, 0.15) is 0 Å². The van der Waals surface area contributed by atoms with Crippen molar-refractivity contribution in [3.63, 3.8) is 0 Å². The minimum atomic E-state index is -0.0267. The summed E-state index contributed by atoms with van der Waals surface area (Å²) < 4.78 is 0. The maximum Gasteiger partial charge on any atom is 0.243 e. The van der Waals surface area contributed by atoms with E-state index in [2.05, 4.69) is 15.6 Å². The van der Waals surface area contributed by atoms with E-state index in [-0.39, 0.29) is 5.91 Å². The minimum absolute atomic E-state index is 0.0267. The van der Waals surface area contributed by atoms with Gasteiger partial charge >= 0.3 is 0 Å². The van der Waals surface area contributed by atoms with Crippen LogP contribution in [-0.4, -0.2) is 26.1 Å². The highest BCUT2D eigenvalue weighted by Crippen LogP contribution is 2.11. The Kier molecular flexibility index (Phi) is 3.32. The van der Waals surface area contributed by atoms with E-state index in [1.54, 1.807) is 0 Å². The highest BCUT2D eigenvalue weighted by Gasteiger charge is 2.17. The van der Waals surface area contributed by atoms with Crippen molar-refractivity contribution in [3.8, 4) is 0 Å². The first-order chi connectivity index (χ1) is 5.33. The molecule has 1 saturated heterocycles. The van der Waals surface area contributed by atoms with Gasteiger partial charge in [0.25, 0.3) is 0 Å². The van der Waals surface area contributed by atoms with Crippen LogP contribution in [0.25, 0.3) is 0 Å². The number of carbonyl (C=O) groups is 1. The van der Waals surface area contributed by atoms with Crippen LogP contribution in [0.15, 0.2) is 0 Å². The fourth-order valence-corrected chi connectivity index (χ4v) is 1.31. The van der Waals surface area contributed by atoms with Crippen LogP contribution in [0, 0.1) is 5.92 Å². The number of carbonyl (C=O) groups excluding carboxylic acids is 1. The SMILES string of the molecule is CONC(=O)C[C@@H]1CCNC1. The van der Waals surface area contributed by atoms with Gasteiger partial charge in [-0.05, 0) is 25.4 Å². The van der Waals surface area contributed by atoms with Crippen LogP contribution in [0.4, 0.5) is 0 Å². The number of rotatable bonds is 3. The maximum absolute atomic E-state index is 10.9. The topological polar surface area (TPSA) is 50.4 Å². The van der Waals surface area contributed by atoms with Gasteiger partial charge in [0.05, 0.1) is 7.11 Å². The number of hydrogen-bond donors (Lipinski definition) is 2. The maximum atomic E-state index is 10.9. The van der Waals surface area contributed by atoms with E-state index >= 15 is 0 Å². The molecule has 0 bridgehead atoms. The summed E-state index contributed by atoms with van der Waals surface area (Å²) in [6, 6.07) is 0. The highest BCUT2D eigenvalue weighted by atomic mass is 16.6. The molecule has 1 heterocycles. The molecule has 1 amide bonds. The van der Waals surface area contributed by atoms with E-state index in [1.165, 1.54) is 7.11 Å².